The number of aliphatic hydroxyl groups is 1. The largest absolute Gasteiger partial charge is 0.491 e. The Morgan fingerprint density at radius 1 is 1.32 bits per heavy atom. The summed E-state index contributed by atoms with van der Waals surface area (Å²) in [6.07, 6.45) is -1.20. The predicted molar refractivity (Wildman–Crippen MR) is 121 cm³/mol. The average molecular weight is 451 g/mol. The molecule has 2 heterocycles. The van der Waals surface area contributed by atoms with Gasteiger partial charge >= 0.3 is 0 Å². The molecule has 0 aliphatic carbocycles. The van der Waals surface area contributed by atoms with Crippen molar-refractivity contribution in [1.29, 1.82) is 0 Å². The number of alkyl halides is 1. The number of halogens is 1. The van der Waals surface area contributed by atoms with E-state index in [4.69, 9.17) is 10.5 Å². The number of rotatable bonds is 7. The number of benzene rings is 1. The first-order valence-corrected chi connectivity index (χ1v) is 10.8. The number of nitrogen functional groups attached to an aromatic ring is 1. The molecule has 0 saturated heterocycles. The van der Waals surface area contributed by atoms with Gasteiger partial charge in [-0.05, 0) is 38.1 Å². The van der Waals surface area contributed by atoms with Crippen LogP contribution in [0.4, 0.5) is 9.39 Å². The first-order chi connectivity index (χ1) is 14.8. The number of nitrogens with zero attached hydrogens (tertiary/aromatic N) is 2. The molecule has 0 spiro atoms. The van der Waals surface area contributed by atoms with Crippen LogP contribution in [0.25, 0.3) is 16.5 Å². The smallest absolute Gasteiger partial charge is 0.282 e. The summed E-state index contributed by atoms with van der Waals surface area (Å²) in [4.78, 5) is 25.5. The molecule has 168 valence electrons. The van der Waals surface area contributed by atoms with E-state index in [1.807, 2.05) is 27.7 Å². The van der Waals surface area contributed by atoms with E-state index in [0.29, 0.717) is 21.8 Å². The highest BCUT2D eigenvalue weighted by molar-refractivity contribution is 7.15. The number of nitrogens with two attached hydrogens (primary N) is 1. The standard InChI is InChI=1S/C19H21FN4O4S.C2H6/c1-10(2)22-18(26)16-14-9-29-17(21)15(14)19(27)24(23-16)11-3-5-13(6-4-11)28-8-12(25)7-20;1-2/h3-6,9-10,12,25H,7-8,21H2,1-2H3,(H,22,26);1-2H3. The van der Waals surface area contributed by atoms with Crippen LogP contribution in [0.2, 0.25) is 0 Å². The Bertz CT molecular complexity index is 1080. The SMILES string of the molecule is CC.CC(C)NC(=O)c1nn(-c2ccc(OCC(O)CF)cc2)c(=O)c2c(N)scc12. The summed E-state index contributed by atoms with van der Waals surface area (Å²) in [7, 11) is 0. The van der Waals surface area contributed by atoms with Crippen LogP contribution in [-0.4, -0.2) is 46.2 Å². The maximum atomic E-state index is 12.9. The van der Waals surface area contributed by atoms with Crippen molar-refractivity contribution in [2.24, 2.45) is 0 Å². The van der Waals surface area contributed by atoms with Gasteiger partial charge in [0.2, 0.25) is 0 Å². The number of thiophene rings is 1. The zero-order valence-electron chi connectivity index (χ0n) is 17.9. The number of ether oxygens (including phenoxy) is 1. The molecular formula is C21H27FN4O4S. The minimum atomic E-state index is -1.20. The number of aliphatic hydroxyl groups excluding tert-OH is 1. The Balaban J connectivity index is 0.00000166. The van der Waals surface area contributed by atoms with E-state index in [-0.39, 0.29) is 23.7 Å². The fourth-order valence-corrected chi connectivity index (χ4v) is 3.46. The van der Waals surface area contributed by atoms with Gasteiger partial charge in [0, 0.05) is 16.8 Å². The monoisotopic (exact) mass is 450 g/mol. The minimum absolute atomic E-state index is 0.104. The zero-order valence-corrected chi connectivity index (χ0v) is 18.7. The van der Waals surface area contributed by atoms with Gasteiger partial charge in [0.1, 0.15) is 25.1 Å². The molecule has 0 saturated carbocycles. The molecule has 1 unspecified atom stereocenters. The molecule has 0 aliphatic rings. The lowest BCUT2D eigenvalue weighted by Gasteiger charge is -2.12. The van der Waals surface area contributed by atoms with Gasteiger partial charge in [-0.1, -0.05) is 13.8 Å². The van der Waals surface area contributed by atoms with Crippen molar-refractivity contribution in [2.45, 2.75) is 39.8 Å². The van der Waals surface area contributed by atoms with Crippen LogP contribution in [-0.2, 0) is 0 Å². The number of hydrogen-bond donors (Lipinski definition) is 3. The molecule has 8 nitrogen and oxygen atoms in total. The van der Waals surface area contributed by atoms with Crippen molar-refractivity contribution in [3.05, 3.63) is 45.7 Å². The zero-order chi connectivity index (χ0) is 23.1. The maximum absolute atomic E-state index is 12.9. The third-order valence-electron chi connectivity index (χ3n) is 4.02. The van der Waals surface area contributed by atoms with E-state index in [2.05, 4.69) is 10.4 Å². The summed E-state index contributed by atoms with van der Waals surface area (Å²) in [5.41, 5.74) is 6.03. The molecule has 4 N–H and O–H groups in total. The van der Waals surface area contributed by atoms with Gasteiger partial charge in [-0.25, -0.2) is 4.39 Å². The number of nitrogens with one attached hydrogen (secondary N) is 1. The van der Waals surface area contributed by atoms with Crippen molar-refractivity contribution in [3.63, 3.8) is 0 Å². The van der Waals surface area contributed by atoms with Crippen LogP contribution in [0.15, 0.2) is 34.4 Å². The summed E-state index contributed by atoms with van der Waals surface area (Å²) in [6, 6.07) is 6.16. The third kappa shape index (κ3) is 5.59. The van der Waals surface area contributed by atoms with Gasteiger partial charge < -0.3 is 20.9 Å². The van der Waals surface area contributed by atoms with E-state index in [9.17, 15) is 19.1 Å². The van der Waals surface area contributed by atoms with Crippen molar-refractivity contribution < 1.29 is 19.0 Å². The van der Waals surface area contributed by atoms with Gasteiger partial charge in [-0.3, -0.25) is 9.59 Å². The lowest BCUT2D eigenvalue weighted by molar-refractivity contribution is 0.0842. The topological polar surface area (TPSA) is 119 Å². The number of hydrogen-bond acceptors (Lipinski definition) is 7. The molecule has 0 bridgehead atoms. The highest BCUT2D eigenvalue weighted by Gasteiger charge is 2.21. The van der Waals surface area contributed by atoms with Crippen LogP contribution in [0.1, 0.15) is 38.2 Å². The molecule has 0 aliphatic heterocycles. The fourth-order valence-electron chi connectivity index (χ4n) is 2.67. The van der Waals surface area contributed by atoms with Gasteiger partial charge in [-0.2, -0.15) is 9.78 Å². The molecule has 1 atom stereocenters. The fraction of sp³-hybridized carbons (Fsp3) is 0.381. The Kier molecular flexibility index (Phi) is 8.52. The quantitative estimate of drug-likeness (QED) is 0.509. The van der Waals surface area contributed by atoms with Gasteiger partial charge in [-0.15, -0.1) is 11.3 Å². The minimum Gasteiger partial charge on any atom is -0.491 e. The summed E-state index contributed by atoms with van der Waals surface area (Å²) in [5.74, 6) is -0.0140. The van der Waals surface area contributed by atoms with E-state index in [1.165, 1.54) is 11.3 Å². The Labute approximate surface area is 183 Å². The van der Waals surface area contributed by atoms with Crippen molar-refractivity contribution in [2.75, 3.05) is 19.0 Å². The second kappa shape index (κ2) is 10.9. The van der Waals surface area contributed by atoms with Crippen LogP contribution in [0, 0.1) is 0 Å². The first kappa shape index (κ1) is 24.3. The van der Waals surface area contributed by atoms with Crippen LogP contribution in [0.5, 0.6) is 5.75 Å². The normalized spacial score (nSPS) is 11.7. The van der Waals surface area contributed by atoms with Crippen molar-refractivity contribution in [1.82, 2.24) is 15.1 Å². The summed E-state index contributed by atoms with van der Waals surface area (Å²) >= 11 is 1.17. The maximum Gasteiger partial charge on any atom is 0.282 e. The second-order valence-corrected chi connectivity index (χ2v) is 7.61. The average Bonchev–Trinajstić information content (AvgIpc) is 3.15. The second-order valence-electron chi connectivity index (χ2n) is 6.70. The number of anilines is 1. The Morgan fingerprint density at radius 3 is 2.55 bits per heavy atom. The lowest BCUT2D eigenvalue weighted by atomic mass is 10.2. The van der Waals surface area contributed by atoms with Crippen LogP contribution >= 0.6 is 11.3 Å². The molecule has 3 aromatic rings. The highest BCUT2D eigenvalue weighted by Crippen LogP contribution is 2.27. The van der Waals surface area contributed by atoms with E-state index >= 15 is 0 Å². The number of aromatic nitrogens is 2. The first-order valence-electron chi connectivity index (χ1n) is 9.90. The van der Waals surface area contributed by atoms with Crippen molar-refractivity contribution in [3.8, 4) is 11.4 Å². The molecule has 1 amide bonds. The summed E-state index contributed by atoms with van der Waals surface area (Å²) in [6.45, 7) is 6.56. The van der Waals surface area contributed by atoms with E-state index < -0.39 is 24.2 Å². The molecule has 0 radical (unpaired) electrons. The van der Waals surface area contributed by atoms with Crippen LogP contribution in [0.3, 0.4) is 0 Å². The lowest BCUT2D eigenvalue weighted by Crippen LogP contribution is -2.33. The third-order valence-corrected chi connectivity index (χ3v) is 4.83. The number of amides is 1. The number of carbonyl (C=O) groups excluding carboxylic acids is 1. The Morgan fingerprint density at radius 2 is 1.97 bits per heavy atom. The number of fused-ring (bicyclic) bond motifs is 1. The van der Waals surface area contributed by atoms with Gasteiger partial charge in [0.15, 0.2) is 5.69 Å². The van der Waals surface area contributed by atoms with Crippen LogP contribution < -0.4 is 21.3 Å². The number of carbonyl (C=O) groups is 1. The molecular weight excluding hydrogens is 423 g/mol. The van der Waals surface area contributed by atoms with E-state index in [0.717, 1.165) is 4.68 Å². The summed E-state index contributed by atoms with van der Waals surface area (Å²) in [5, 5.41) is 18.9. The predicted octanol–water partition coefficient (Wildman–Crippen LogP) is 2.90. The highest BCUT2D eigenvalue weighted by atomic mass is 32.1. The molecule has 0 fully saturated rings. The van der Waals surface area contributed by atoms with Gasteiger partial charge in [0.25, 0.3) is 11.5 Å². The molecule has 2 aromatic heterocycles. The summed E-state index contributed by atoms with van der Waals surface area (Å²) < 4.78 is 18.7. The van der Waals surface area contributed by atoms with Gasteiger partial charge in [0.05, 0.1) is 16.1 Å². The molecule has 3 rings (SSSR count). The molecule has 10 heteroatoms. The van der Waals surface area contributed by atoms with E-state index in [1.54, 1.807) is 29.6 Å². The Hall–Kier alpha value is -2.98. The molecule has 31 heavy (non-hydrogen) atoms. The molecule has 1 aromatic carbocycles. The van der Waals surface area contributed by atoms with Crippen molar-refractivity contribution >= 4 is 33.0 Å².